The Labute approximate surface area is 172 Å². The smallest absolute Gasteiger partial charge is 0.344 e. The molecule has 0 aliphatic heterocycles. The third kappa shape index (κ3) is 4.56. The minimum absolute atomic E-state index is 0.385. The first kappa shape index (κ1) is 18.6. The minimum atomic E-state index is -0.481. The van der Waals surface area contributed by atoms with Gasteiger partial charge in [-0.05, 0) is 51.9 Å². The average Bonchev–Trinajstić information content (AvgIpc) is 3.29. The van der Waals surface area contributed by atoms with E-state index < -0.39 is 5.97 Å². The highest BCUT2D eigenvalue weighted by Crippen LogP contribution is 2.24. The van der Waals surface area contributed by atoms with Crippen molar-refractivity contribution in [3.05, 3.63) is 101 Å². The van der Waals surface area contributed by atoms with Crippen LogP contribution in [-0.2, 0) is 4.79 Å². The highest BCUT2D eigenvalue weighted by Gasteiger charge is 2.15. The number of hydrogen-bond donors (Lipinski definition) is 0. The molecule has 1 heterocycles. The summed E-state index contributed by atoms with van der Waals surface area (Å²) < 4.78 is 7.13. The van der Waals surface area contributed by atoms with Gasteiger partial charge in [-0.25, -0.2) is 9.48 Å². The fraction of sp³-hybridized carbons (Fsp3) is 0. The molecule has 0 bridgehead atoms. The predicted octanol–water partition coefficient (Wildman–Crippen LogP) is 4.46. The van der Waals surface area contributed by atoms with Gasteiger partial charge in [0.1, 0.15) is 12.1 Å². The summed E-state index contributed by atoms with van der Waals surface area (Å²) in [6.45, 7) is 0. The number of carbonyl (C=O) groups is 1. The monoisotopic (exact) mass is 402 g/mol. The first-order chi connectivity index (χ1) is 14.2. The van der Waals surface area contributed by atoms with E-state index in [9.17, 15) is 4.79 Å². The number of halogens is 1. The second kappa shape index (κ2) is 8.50. The van der Waals surface area contributed by atoms with Crippen molar-refractivity contribution in [2.75, 3.05) is 0 Å². The normalized spacial score (nSPS) is 11.3. The number of hydrogen-bond acceptors (Lipinski definition) is 5. The van der Waals surface area contributed by atoms with Crippen molar-refractivity contribution in [2.45, 2.75) is 0 Å². The van der Waals surface area contributed by atoms with Crippen LogP contribution in [0.5, 0.6) is 5.75 Å². The first-order valence-corrected chi connectivity index (χ1v) is 9.15. The average molecular weight is 403 g/mol. The molecular formula is C22H15ClN4O2. The van der Waals surface area contributed by atoms with Crippen LogP contribution in [0.15, 0.2) is 85.2 Å². The summed E-state index contributed by atoms with van der Waals surface area (Å²) in [6, 6.07) is 23.6. The summed E-state index contributed by atoms with van der Waals surface area (Å²) >= 11 is 6.00. The van der Waals surface area contributed by atoms with Gasteiger partial charge < -0.3 is 4.74 Å². The van der Waals surface area contributed by atoms with Gasteiger partial charge in [-0.2, -0.15) is 0 Å². The van der Waals surface area contributed by atoms with E-state index in [1.54, 1.807) is 48.5 Å². The molecule has 4 aromatic rings. The second-order valence-corrected chi connectivity index (χ2v) is 6.55. The van der Waals surface area contributed by atoms with Crippen LogP contribution < -0.4 is 4.74 Å². The SMILES string of the molecule is O=C(Oc1cccc(-n2cnnn2)c1)C(=Cc1ccccc1)c1ccc(Cl)cc1. The highest BCUT2D eigenvalue weighted by atomic mass is 35.5. The Morgan fingerprint density at radius 1 is 0.966 bits per heavy atom. The van der Waals surface area contributed by atoms with Crippen molar-refractivity contribution in [1.29, 1.82) is 0 Å². The lowest BCUT2D eigenvalue weighted by atomic mass is 10.0. The van der Waals surface area contributed by atoms with E-state index >= 15 is 0 Å². The predicted molar refractivity (Wildman–Crippen MR) is 111 cm³/mol. The maximum atomic E-state index is 13.0. The fourth-order valence-electron chi connectivity index (χ4n) is 2.74. The number of benzene rings is 3. The summed E-state index contributed by atoms with van der Waals surface area (Å²) in [6.07, 6.45) is 3.26. The molecule has 0 unspecified atom stereocenters. The van der Waals surface area contributed by atoms with Crippen molar-refractivity contribution in [3.8, 4) is 11.4 Å². The van der Waals surface area contributed by atoms with Crippen LogP contribution in [-0.4, -0.2) is 26.2 Å². The van der Waals surface area contributed by atoms with Crippen molar-refractivity contribution < 1.29 is 9.53 Å². The molecule has 0 atom stereocenters. The second-order valence-electron chi connectivity index (χ2n) is 6.12. The van der Waals surface area contributed by atoms with Crippen LogP contribution in [0, 0.1) is 0 Å². The molecular weight excluding hydrogens is 388 g/mol. The van der Waals surface area contributed by atoms with Crippen LogP contribution in [0.3, 0.4) is 0 Å². The third-order valence-corrected chi connectivity index (χ3v) is 4.38. The van der Waals surface area contributed by atoms with E-state index in [4.69, 9.17) is 16.3 Å². The van der Waals surface area contributed by atoms with Gasteiger partial charge in [0.15, 0.2) is 0 Å². The van der Waals surface area contributed by atoms with Gasteiger partial charge in [0, 0.05) is 11.1 Å². The van der Waals surface area contributed by atoms with Crippen LogP contribution in [0.1, 0.15) is 11.1 Å². The lowest BCUT2D eigenvalue weighted by molar-refractivity contribution is -0.127. The zero-order valence-corrected chi connectivity index (χ0v) is 15.9. The van der Waals surface area contributed by atoms with Crippen molar-refractivity contribution in [2.24, 2.45) is 0 Å². The summed E-state index contributed by atoms with van der Waals surface area (Å²) in [5, 5.41) is 11.7. The van der Waals surface area contributed by atoms with Gasteiger partial charge >= 0.3 is 5.97 Å². The van der Waals surface area contributed by atoms with Crippen molar-refractivity contribution in [3.63, 3.8) is 0 Å². The van der Waals surface area contributed by atoms with Crippen LogP contribution >= 0.6 is 11.6 Å². The van der Waals surface area contributed by atoms with Gasteiger partial charge in [0.05, 0.1) is 11.3 Å². The summed E-state index contributed by atoms with van der Waals surface area (Å²) in [7, 11) is 0. The van der Waals surface area contributed by atoms with Gasteiger partial charge in [0.25, 0.3) is 0 Å². The maximum Gasteiger partial charge on any atom is 0.344 e. The van der Waals surface area contributed by atoms with E-state index in [0.29, 0.717) is 27.6 Å². The topological polar surface area (TPSA) is 69.9 Å². The van der Waals surface area contributed by atoms with E-state index in [2.05, 4.69) is 15.5 Å². The largest absolute Gasteiger partial charge is 0.423 e. The van der Waals surface area contributed by atoms with E-state index in [1.165, 1.54) is 11.0 Å². The van der Waals surface area contributed by atoms with Crippen molar-refractivity contribution in [1.82, 2.24) is 20.2 Å². The Bertz CT molecular complexity index is 1140. The number of carbonyl (C=O) groups excluding carboxylic acids is 1. The number of ether oxygens (including phenoxy) is 1. The Balaban J connectivity index is 1.66. The van der Waals surface area contributed by atoms with Gasteiger partial charge in [-0.15, -0.1) is 5.10 Å². The fourth-order valence-corrected chi connectivity index (χ4v) is 2.86. The Morgan fingerprint density at radius 2 is 1.76 bits per heavy atom. The molecule has 0 fully saturated rings. The van der Waals surface area contributed by atoms with Crippen molar-refractivity contribution >= 4 is 29.2 Å². The molecule has 0 aliphatic rings. The van der Waals surface area contributed by atoms with E-state index in [-0.39, 0.29) is 0 Å². The number of tetrazole rings is 1. The van der Waals surface area contributed by atoms with Gasteiger partial charge in [-0.1, -0.05) is 60.1 Å². The molecule has 7 heteroatoms. The lowest BCUT2D eigenvalue weighted by Gasteiger charge is -2.10. The van der Waals surface area contributed by atoms with E-state index in [0.717, 1.165) is 5.56 Å². The molecule has 0 saturated carbocycles. The number of nitrogens with zero attached hydrogens (tertiary/aromatic N) is 4. The summed E-state index contributed by atoms with van der Waals surface area (Å²) in [4.78, 5) is 13.0. The van der Waals surface area contributed by atoms with Crippen LogP contribution in [0.4, 0.5) is 0 Å². The van der Waals surface area contributed by atoms with Gasteiger partial charge in [0.2, 0.25) is 0 Å². The molecule has 0 spiro atoms. The quantitative estimate of drug-likeness (QED) is 0.213. The summed E-state index contributed by atoms with van der Waals surface area (Å²) in [5.41, 5.74) is 2.69. The van der Waals surface area contributed by atoms with Crippen LogP contribution in [0.2, 0.25) is 5.02 Å². The van der Waals surface area contributed by atoms with Gasteiger partial charge in [-0.3, -0.25) is 0 Å². The van der Waals surface area contributed by atoms with Crippen LogP contribution in [0.25, 0.3) is 17.3 Å². The molecule has 3 aromatic carbocycles. The number of esters is 1. The Hall–Kier alpha value is -3.77. The number of rotatable bonds is 5. The molecule has 0 amide bonds. The molecule has 29 heavy (non-hydrogen) atoms. The zero-order chi connectivity index (χ0) is 20.1. The minimum Gasteiger partial charge on any atom is -0.423 e. The lowest BCUT2D eigenvalue weighted by Crippen LogP contribution is -2.11. The standard InChI is InChI=1S/C22H15ClN4O2/c23-18-11-9-17(10-12-18)21(13-16-5-2-1-3-6-16)22(28)29-20-8-4-7-19(14-20)27-15-24-25-26-27/h1-15H. The molecule has 0 saturated heterocycles. The zero-order valence-electron chi connectivity index (χ0n) is 15.1. The van der Waals surface area contributed by atoms with E-state index in [1.807, 2.05) is 36.4 Å². The molecule has 0 aliphatic carbocycles. The highest BCUT2D eigenvalue weighted by molar-refractivity contribution is 6.30. The molecule has 6 nitrogen and oxygen atoms in total. The maximum absolute atomic E-state index is 13.0. The molecule has 1 aromatic heterocycles. The Kier molecular flexibility index (Phi) is 5.45. The summed E-state index contributed by atoms with van der Waals surface area (Å²) in [5.74, 6) is -0.0963. The molecule has 4 rings (SSSR count). The molecule has 0 N–H and O–H groups in total. The Morgan fingerprint density at radius 3 is 2.48 bits per heavy atom. The first-order valence-electron chi connectivity index (χ1n) is 8.77. The third-order valence-electron chi connectivity index (χ3n) is 4.13. The molecule has 0 radical (unpaired) electrons. The number of aromatic nitrogens is 4. The molecule has 142 valence electrons.